The van der Waals surface area contributed by atoms with E-state index in [1.54, 1.807) is 54.6 Å². The maximum absolute atomic E-state index is 12.6. The molecule has 32 heavy (non-hydrogen) atoms. The molecule has 1 N–H and O–H groups in total. The van der Waals surface area contributed by atoms with Crippen LogP contribution < -0.4 is 10.2 Å². The lowest BCUT2D eigenvalue weighted by atomic mass is 10.0. The van der Waals surface area contributed by atoms with Crippen LogP contribution in [0.4, 0.5) is 0 Å². The molecule has 4 aromatic carbocycles. The quantitative estimate of drug-likeness (QED) is 0.188. The number of esters is 1. The fraction of sp³-hybridized carbons (Fsp3) is 0.0385. The molecule has 0 aliphatic carbocycles. The Morgan fingerprint density at radius 1 is 0.875 bits per heavy atom. The minimum atomic E-state index is -0.419. The van der Waals surface area contributed by atoms with Crippen molar-refractivity contribution in [3.63, 3.8) is 0 Å². The molecule has 0 bridgehead atoms. The number of nitrogens with one attached hydrogen (secondary N) is 1. The number of amides is 1. The molecule has 0 atom stereocenters. The molecule has 0 aliphatic heterocycles. The molecule has 6 heteroatoms. The zero-order valence-electron chi connectivity index (χ0n) is 17.0. The van der Waals surface area contributed by atoms with E-state index in [0.717, 1.165) is 21.9 Å². The lowest BCUT2D eigenvalue weighted by Crippen LogP contribution is -2.19. The molecule has 0 saturated heterocycles. The first-order valence-corrected chi connectivity index (χ1v) is 10.3. The molecule has 0 saturated carbocycles. The first-order chi connectivity index (χ1) is 15.6. The van der Waals surface area contributed by atoms with E-state index in [4.69, 9.17) is 16.3 Å². The van der Waals surface area contributed by atoms with Gasteiger partial charge in [-0.3, -0.25) is 4.79 Å². The number of fused-ring (bicyclic) bond motifs is 1. The Bertz CT molecular complexity index is 1280. The van der Waals surface area contributed by atoms with Crippen molar-refractivity contribution in [2.75, 3.05) is 0 Å². The summed E-state index contributed by atoms with van der Waals surface area (Å²) in [5.41, 5.74) is 4.60. The number of carbonyl (C=O) groups excluding carboxylic acids is 2. The van der Waals surface area contributed by atoms with Crippen LogP contribution in [-0.4, -0.2) is 18.1 Å². The Kier molecular flexibility index (Phi) is 6.58. The lowest BCUT2D eigenvalue weighted by Gasteiger charge is -2.07. The third-order valence-electron chi connectivity index (χ3n) is 4.78. The number of rotatable bonds is 6. The summed E-state index contributed by atoms with van der Waals surface area (Å²) in [6, 6.07) is 27.1. The first kappa shape index (κ1) is 21.3. The summed E-state index contributed by atoms with van der Waals surface area (Å²) < 4.78 is 5.52. The Morgan fingerprint density at radius 2 is 1.59 bits per heavy atom. The van der Waals surface area contributed by atoms with E-state index >= 15 is 0 Å². The van der Waals surface area contributed by atoms with Crippen molar-refractivity contribution in [3.05, 3.63) is 113 Å². The third-order valence-corrected chi connectivity index (χ3v) is 5.03. The minimum absolute atomic E-state index is 0.206. The molecule has 1 amide bonds. The van der Waals surface area contributed by atoms with Gasteiger partial charge in [-0.2, -0.15) is 5.10 Å². The standard InChI is InChI=1S/C26H19ClN2O3/c27-21-12-8-18(9-13-21)16-25(30)29-28-17-19-10-14-22(15-11-19)32-26(31)24-7-3-5-20-4-1-2-6-23(20)24/h1-15,17H,16H2,(H,29,30)/b28-17+. The van der Waals surface area contributed by atoms with Gasteiger partial charge in [0.1, 0.15) is 5.75 Å². The molecular weight excluding hydrogens is 424 g/mol. The number of hydrazone groups is 1. The van der Waals surface area contributed by atoms with Crippen LogP contribution in [0.3, 0.4) is 0 Å². The van der Waals surface area contributed by atoms with Crippen LogP contribution in [0.25, 0.3) is 10.8 Å². The maximum Gasteiger partial charge on any atom is 0.344 e. The van der Waals surface area contributed by atoms with Gasteiger partial charge < -0.3 is 4.74 Å². The van der Waals surface area contributed by atoms with Gasteiger partial charge in [0.05, 0.1) is 18.2 Å². The summed E-state index contributed by atoms with van der Waals surface area (Å²) in [5, 5.41) is 6.42. The van der Waals surface area contributed by atoms with Crippen LogP contribution in [0.2, 0.25) is 5.02 Å². The van der Waals surface area contributed by atoms with E-state index in [1.165, 1.54) is 6.21 Å². The number of nitrogens with zero attached hydrogens (tertiary/aromatic N) is 1. The summed E-state index contributed by atoms with van der Waals surface area (Å²) in [7, 11) is 0. The van der Waals surface area contributed by atoms with Gasteiger partial charge in [0.2, 0.25) is 5.91 Å². The molecule has 0 fully saturated rings. The third kappa shape index (κ3) is 5.39. The molecule has 5 nitrogen and oxygen atoms in total. The van der Waals surface area contributed by atoms with Crippen LogP contribution in [0.1, 0.15) is 21.5 Å². The van der Waals surface area contributed by atoms with E-state index in [9.17, 15) is 9.59 Å². The van der Waals surface area contributed by atoms with Crippen LogP contribution in [0.5, 0.6) is 5.75 Å². The molecule has 158 valence electrons. The van der Waals surface area contributed by atoms with E-state index in [2.05, 4.69) is 10.5 Å². The number of carbonyl (C=O) groups is 2. The van der Waals surface area contributed by atoms with Gasteiger partial charge in [0.25, 0.3) is 0 Å². The number of hydrogen-bond donors (Lipinski definition) is 1. The summed E-state index contributed by atoms with van der Waals surface area (Å²) in [5.74, 6) is -0.228. The molecule has 4 rings (SSSR count). The Balaban J connectivity index is 1.34. The maximum atomic E-state index is 12.6. The minimum Gasteiger partial charge on any atom is -0.423 e. The smallest absolute Gasteiger partial charge is 0.344 e. The molecular formula is C26H19ClN2O3. The highest BCUT2D eigenvalue weighted by Gasteiger charge is 2.12. The van der Waals surface area contributed by atoms with Crippen molar-refractivity contribution in [1.29, 1.82) is 0 Å². The summed E-state index contributed by atoms with van der Waals surface area (Å²) in [6.45, 7) is 0. The van der Waals surface area contributed by atoms with Gasteiger partial charge in [0, 0.05) is 5.02 Å². The zero-order chi connectivity index (χ0) is 22.3. The average Bonchev–Trinajstić information content (AvgIpc) is 2.81. The number of ether oxygens (including phenoxy) is 1. The molecule has 0 unspecified atom stereocenters. The van der Waals surface area contributed by atoms with Gasteiger partial charge in [-0.25, -0.2) is 10.2 Å². The SMILES string of the molecule is O=C(Cc1ccc(Cl)cc1)N/N=C/c1ccc(OC(=O)c2cccc3ccccc23)cc1. The number of halogens is 1. The largest absolute Gasteiger partial charge is 0.423 e. The second-order valence-corrected chi connectivity index (χ2v) is 7.52. The molecule has 0 spiro atoms. The normalized spacial score (nSPS) is 10.9. The van der Waals surface area contributed by atoms with Crippen molar-refractivity contribution >= 4 is 40.5 Å². The Labute approximate surface area is 190 Å². The topological polar surface area (TPSA) is 67.8 Å². The number of hydrogen-bond acceptors (Lipinski definition) is 4. The number of benzene rings is 4. The van der Waals surface area contributed by atoms with Gasteiger partial charge in [-0.05, 0) is 64.4 Å². The lowest BCUT2D eigenvalue weighted by molar-refractivity contribution is -0.120. The first-order valence-electron chi connectivity index (χ1n) is 9.95. The molecule has 0 radical (unpaired) electrons. The average molecular weight is 443 g/mol. The van der Waals surface area contributed by atoms with E-state index < -0.39 is 5.97 Å². The van der Waals surface area contributed by atoms with Gasteiger partial charge >= 0.3 is 5.97 Å². The van der Waals surface area contributed by atoms with Gasteiger partial charge in [-0.1, -0.05) is 60.1 Å². The van der Waals surface area contributed by atoms with Crippen LogP contribution in [0, 0.1) is 0 Å². The predicted octanol–water partition coefficient (Wildman–Crippen LogP) is 5.41. The second-order valence-electron chi connectivity index (χ2n) is 7.08. The zero-order valence-corrected chi connectivity index (χ0v) is 17.8. The highest BCUT2D eigenvalue weighted by molar-refractivity contribution is 6.30. The van der Waals surface area contributed by atoms with Crippen LogP contribution >= 0.6 is 11.6 Å². The van der Waals surface area contributed by atoms with Crippen molar-refractivity contribution in [2.24, 2.45) is 5.10 Å². The van der Waals surface area contributed by atoms with Crippen molar-refractivity contribution in [2.45, 2.75) is 6.42 Å². The van der Waals surface area contributed by atoms with Crippen LogP contribution in [-0.2, 0) is 11.2 Å². The Morgan fingerprint density at radius 3 is 2.38 bits per heavy atom. The van der Waals surface area contributed by atoms with E-state index in [-0.39, 0.29) is 12.3 Å². The summed E-state index contributed by atoms with van der Waals surface area (Å²) >= 11 is 5.84. The highest BCUT2D eigenvalue weighted by atomic mass is 35.5. The molecule has 0 aliphatic rings. The summed E-state index contributed by atoms with van der Waals surface area (Å²) in [4.78, 5) is 24.6. The van der Waals surface area contributed by atoms with E-state index in [1.807, 2.05) is 36.4 Å². The Hall–Kier alpha value is -3.96. The van der Waals surface area contributed by atoms with Gasteiger partial charge in [0.15, 0.2) is 0 Å². The van der Waals surface area contributed by atoms with Crippen LogP contribution in [0.15, 0.2) is 96.1 Å². The molecule has 0 heterocycles. The summed E-state index contributed by atoms with van der Waals surface area (Å²) in [6.07, 6.45) is 1.73. The molecule has 0 aromatic heterocycles. The second kappa shape index (κ2) is 9.90. The fourth-order valence-electron chi connectivity index (χ4n) is 3.19. The van der Waals surface area contributed by atoms with Crippen molar-refractivity contribution < 1.29 is 14.3 Å². The monoisotopic (exact) mass is 442 g/mol. The van der Waals surface area contributed by atoms with Crippen molar-refractivity contribution in [1.82, 2.24) is 5.43 Å². The molecule has 4 aromatic rings. The predicted molar refractivity (Wildman–Crippen MR) is 126 cm³/mol. The fourth-order valence-corrected chi connectivity index (χ4v) is 3.32. The van der Waals surface area contributed by atoms with Crippen molar-refractivity contribution in [3.8, 4) is 5.75 Å². The van der Waals surface area contributed by atoms with E-state index in [0.29, 0.717) is 16.3 Å². The van der Waals surface area contributed by atoms with Gasteiger partial charge in [-0.15, -0.1) is 0 Å². The highest BCUT2D eigenvalue weighted by Crippen LogP contribution is 2.21.